The Bertz CT molecular complexity index is 229. The van der Waals surface area contributed by atoms with Gasteiger partial charge in [-0.3, -0.25) is 4.79 Å². The summed E-state index contributed by atoms with van der Waals surface area (Å²) in [6.07, 6.45) is 6.35. The van der Waals surface area contributed by atoms with Crippen molar-refractivity contribution in [2.75, 3.05) is 0 Å². The van der Waals surface area contributed by atoms with Gasteiger partial charge in [0.2, 0.25) is 0 Å². The van der Waals surface area contributed by atoms with Gasteiger partial charge < -0.3 is 10.8 Å². The van der Waals surface area contributed by atoms with Crippen molar-refractivity contribution in [2.24, 2.45) is 23.5 Å². The Kier molecular flexibility index (Phi) is 2.77. The first kappa shape index (κ1) is 9.97. The van der Waals surface area contributed by atoms with Crippen LogP contribution >= 0.6 is 0 Å². The molecule has 4 atom stereocenters. The van der Waals surface area contributed by atoms with Crippen LogP contribution in [0.4, 0.5) is 0 Å². The van der Waals surface area contributed by atoms with Crippen LogP contribution in [-0.2, 0) is 4.79 Å². The second-order valence-electron chi connectivity index (χ2n) is 4.80. The Balaban J connectivity index is 2.12. The van der Waals surface area contributed by atoms with E-state index in [9.17, 15) is 4.79 Å². The van der Waals surface area contributed by atoms with Gasteiger partial charge in [-0.1, -0.05) is 12.8 Å². The number of nitrogens with two attached hydrogens (primary N) is 1. The first-order valence-corrected chi connectivity index (χ1v) is 5.68. The molecule has 0 radical (unpaired) electrons. The van der Waals surface area contributed by atoms with E-state index in [4.69, 9.17) is 10.8 Å². The van der Waals surface area contributed by atoms with Gasteiger partial charge in [-0.05, 0) is 37.5 Å². The molecule has 14 heavy (non-hydrogen) atoms. The van der Waals surface area contributed by atoms with Crippen molar-refractivity contribution in [3.05, 3.63) is 0 Å². The third-order valence-corrected chi connectivity index (χ3v) is 4.07. The Morgan fingerprint density at radius 2 is 1.71 bits per heavy atom. The third-order valence-electron chi connectivity index (χ3n) is 4.07. The molecule has 0 spiro atoms. The lowest BCUT2D eigenvalue weighted by atomic mass is 9.63. The molecule has 0 bridgehead atoms. The molecule has 4 unspecified atom stereocenters. The number of carboxylic acids is 1. The minimum atomic E-state index is -0.603. The van der Waals surface area contributed by atoms with Crippen LogP contribution in [-0.4, -0.2) is 17.1 Å². The Hall–Kier alpha value is -0.570. The molecule has 2 aliphatic rings. The highest BCUT2D eigenvalue weighted by Crippen LogP contribution is 2.43. The van der Waals surface area contributed by atoms with Crippen molar-refractivity contribution in [3.63, 3.8) is 0 Å². The van der Waals surface area contributed by atoms with Crippen molar-refractivity contribution in [1.82, 2.24) is 0 Å². The number of hydrogen-bond acceptors (Lipinski definition) is 2. The highest BCUT2D eigenvalue weighted by molar-refractivity contribution is 5.70. The molecule has 0 aromatic rings. The van der Waals surface area contributed by atoms with Gasteiger partial charge in [-0.25, -0.2) is 0 Å². The normalized spacial score (nSPS) is 42.9. The SMILES string of the molecule is NC1CCC(C(=O)O)C2CCCCC12. The summed E-state index contributed by atoms with van der Waals surface area (Å²) >= 11 is 0. The van der Waals surface area contributed by atoms with Gasteiger partial charge in [0.05, 0.1) is 5.92 Å². The highest BCUT2D eigenvalue weighted by Gasteiger charge is 2.41. The van der Waals surface area contributed by atoms with Crippen LogP contribution < -0.4 is 5.73 Å². The molecular formula is C11H19NO2. The molecule has 80 valence electrons. The number of fused-ring (bicyclic) bond motifs is 1. The summed E-state index contributed by atoms with van der Waals surface area (Å²) < 4.78 is 0. The Morgan fingerprint density at radius 1 is 1.07 bits per heavy atom. The quantitative estimate of drug-likeness (QED) is 0.671. The zero-order valence-corrected chi connectivity index (χ0v) is 8.48. The summed E-state index contributed by atoms with van der Waals surface area (Å²) in [6.45, 7) is 0. The van der Waals surface area contributed by atoms with E-state index >= 15 is 0 Å². The molecule has 0 saturated heterocycles. The van der Waals surface area contributed by atoms with E-state index in [0.717, 1.165) is 25.7 Å². The lowest BCUT2D eigenvalue weighted by Crippen LogP contribution is -2.46. The average molecular weight is 197 g/mol. The van der Waals surface area contributed by atoms with E-state index in [1.54, 1.807) is 0 Å². The second kappa shape index (κ2) is 3.89. The highest BCUT2D eigenvalue weighted by atomic mass is 16.4. The van der Waals surface area contributed by atoms with Crippen LogP contribution in [0.5, 0.6) is 0 Å². The molecule has 2 fully saturated rings. The topological polar surface area (TPSA) is 63.3 Å². The largest absolute Gasteiger partial charge is 0.481 e. The molecular weight excluding hydrogens is 178 g/mol. The van der Waals surface area contributed by atoms with Gasteiger partial charge >= 0.3 is 5.97 Å². The van der Waals surface area contributed by atoms with Gasteiger partial charge in [-0.15, -0.1) is 0 Å². The van der Waals surface area contributed by atoms with E-state index in [-0.39, 0.29) is 12.0 Å². The van der Waals surface area contributed by atoms with Crippen molar-refractivity contribution >= 4 is 5.97 Å². The van der Waals surface area contributed by atoms with Crippen molar-refractivity contribution in [1.29, 1.82) is 0 Å². The first-order chi connectivity index (χ1) is 6.70. The zero-order chi connectivity index (χ0) is 10.1. The summed E-state index contributed by atoms with van der Waals surface area (Å²) in [6, 6.07) is 0.260. The number of hydrogen-bond donors (Lipinski definition) is 2. The van der Waals surface area contributed by atoms with Crippen LogP contribution in [0.1, 0.15) is 38.5 Å². The molecule has 0 aliphatic heterocycles. The summed E-state index contributed by atoms with van der Waals surface area (Å²) in [5.74, 6) is 0.137. The van der Waals surface area contributed by atoms with E-state index in [2.05, 4.69) is 0 Å². The van der Waals surface area contributed by atoms with Gasteiger partial charge in [0.15, 0.2) is 0 Å². The van der Waals surface area contributed by atoms with Crippen LogP contribution in [0.2, 0.25) is 0 Å². The van der Waals surface area contributed by atoms with E-state index in [1.807, 2.05) is 0 Å². The molecule has 3 heteroatoms. The first-order valence-electron chi connectivity index (χ1n) is 5.68. The molecule has 2 aliphatic carbocycles. The fraction of sp³-hybridized carbons (Fsp3) is 0.909. The third kappa shape index (κ3) is 1.65. The smallest absolute Gasteiger partial charge is 0.306 e. The predicted octanol–water partition coefficient (Wildman–Crippen LogP) is 1.61. The molecule has 3 N–H and O–H groups in total. The van der Waals surface area contributed by atoms with Crippen LogP contribution in [0.3, 0.4) is 0 Å². The average Bonchev–Trinajstić information content (AvgIpc) is 2.18. The number of rotatable bonds is 1. The number of aliphatic carboxylic acids is 1. The van der Waals surface area contributed by atoms with Gasteiger partial charge in [-0.2, -0.15) is 0 Å². The van der Waals surface area contributed by atoms with Crippen molar-refractivity contribution in [2.45, 2.75) is 44.6 Å². The molecule has 0 heterocycles. The molecule has 0 amide bonds. The van der Waals surface area contributed by atoms with Crippen LogP contribution in [0.15, 0.2) is 0 Å². The molecule has 3 nitrogen and oxygen atoms in total. The van der Waals surface area contributed by atoms with Gasteiger partial charge in [0, 0.05) is 6.04 Å². The van der Waals surface area contributed by atoms with Gasteiger partial charge in [0.1, 0.15) is 0 Å². The monoisotopic (exact) mass is 197 g/mol. The zero-order valence-electron chi connectivity index (χ0n) is 8.48. The molecule has 0 aromatic heterocycles. The molecule has 2 saturated carbocycles. The summed E-state index contributed by atoms with van der Waals surface area (Å²) in [5, 5.41) is 9.12. The number of carbonyl (C=O) groups is 1. The Morgan fingerprint density at radius 3 is 2.36 bits per heavy atom. The maximum atomic E-state index is 11.1. The van der Waals surface area contributed by atoms with Crippen molar-refractivity contribution in [3.8, 4) is 0 Å². The van der Waals surface area contributed by atoms with E-state index < -0.39 is 5.97 Å². The fourth-order valence-corrected chi connectivity index (χ4v) is 3.33. The number of carboxylic acid groups (broad SMARTS) is 1. The summed E-state index contributed by atoms with van der Waals surface area (Å²) in [5.41, 5.74) is 6.06. The molecule has 2 rings (SSSR count). The van der Waals surface area contributed by atoms with Crippen LogP contribution in [0.25, 0.3) is 0 Å². The maximum absolute atomic E-state index is 11.1. The lowest BCUT2D eigenvalue weighted by Gasteiger charge is -2.43. The van der Waals surface area contributed by atoms with E-state index in [0.29, 0.717) is 11.8 Å². The predicted molar refractivity (Wildman–Crippen MR) is 53.8 cm³/mol. The standard InChI is InChI=1S/C11H19NO2/c12-10-6-5-9(11(13)14)7-3-1-2-4-8(7)10/h7-10H,1-6,12H2,(H,13,14). The van der Waals surface area contributed by atoms with E-state index in [1.165, 1.54) is 12.8 Å². The summed E-state index contributed by atoms with van der Waals surface area (Å²) in [7, 11) is 0. The second-order valence-corrected chi connectivity index (χ2v) is 4.80. The molecule has 0 aromatic carbocycles. The maximum Gasteiger partial charge on any atom is 0.306 e. The lowest BCUT2D eigenvalue weighted by molar-refractivity contribution is -0.147. The fourth-order valence-electron chi connectivity index (χ4n) is 3.33. The van der Waals surface area contributed by atoms with Gasteiger partial charge in [0.25, 0.3) is 0 Å². The van der Waals surface area contributed by atoms with Crippen LogP contribution in [0, 0.1) is 17.8 Å². The van der Waals surface area contributed by atoms with Crippen molar-refractivity contribution < 1.29 is 9.90 Å². The Labute approximate surface area is 84.7 Å². The summed E-state index contributed by atoms with van der Waals surface area (Å²) in [4.78, 5) is 11.1. The minimum absolute atomic E-state index is 0.111. The minimum Gasteiger partial charge on any atom is -0.481 e.